The lowest BCUT2D eigenvalue weighted by Gasteiger charge is -2.36. The molecule has 2 aromatic carbocycles. The van der Waals surface area contributed by atoms with Crippen LogP contribution in [0.25, 0.3) is 11.4 Å². The molecule has 0 saturated carbocycles. The van der Waals surface area contributed by atoms with E-state index in [4.69, 9.17) is 11.6 Å². The second-order valence-corrected chi connectivity index (χ2v) is 7.45. The van der Waals surface area contributed by atoms with Gasteiger partial charge < -0.3 is 9.80 Å². The number of carbonyl (C=O) groups is 1. The molecule has 1 aliphatic rings. The summed E-state index contributed by atoms with van der Waals surface area (Å²) in [4.78, 5) is 25.4. The van der Waals surface area contributed by atoms with Gasteiger partial charge in [0.2, 0.25) is 0 Å². The zero-order chi connectivity index (χ0) is 20.4. The third-order valence-corrected chi connectivity index (χ3v) is 5.32. The highest BCUT2D eigenvalue weighted by Gasteiger charge is 2.23. The lowest BCUT2D eigenvalue weighted by molar-refractivity contribution is 0.0746. The molecule has 29 heavy (non-hydrogen) atoms. The summed E-state index contributed by atoms with van der Waals surface area (Å²) in [7, 11) is 0. The zero-order valence-electron chi connectivity index (χ0n) is 16.0. The second kappa shape index (κ2) is 8.17. The van der Waals surface area contributed by atoms with Crippen LogP contribution in [0.4, 0.5) is 10.1 Å². The predicted octanol–water partition coefficient (Wildman–Crippen LogP) is 4.21. The van der Waals surface area contributed by atoms with Crippen LogP contribution in [0.2, 0.25) is 5.02 Å². The Balaban J connectivity index is 1.42. The highest BCUT2D eigenvalue weighted by Crippen LogP contribution is 2.25. The predicted molar refractivity (Wildman–Crippen MR) is 112 cm³/mol. The maximum absolute atomic E-state index is 13.1. The van der Waals surface area contributed by atoms with Crippen molar-refractivity contribution in [2.75, 3.05) is 31.1 Å². The standard InChI is InChI=1S/C22H20ClFN4O/c1-15-2-5-18(23)12-20(15)27-8-10-28(11-9-27)22(29)17-13-25-21(26-14-17)16-3-6-19(24)7-4-16/h2-7,12-14H,8-11H2,1H3. The van der Waals surface area contributed by atoms with Crippen molar-refractivity contribution in [1.82, 2.24) is 14.9 Å². The zero-order valence-corrected chi connectivity index (χ0v) is 16.7. The van der Waals surface area contributed by atoms with E-state index in [0.717, 1.165) is 18.8 Å². The van der Waals surface area contributed by atoms with E-state index in [2.05, 4.69) is 21.8 Å². The minimum atomic E-state index is -0.312. The molecule has 3 aromatic rings. The van der Waals surface area contributed by atoms with Crippen molar-refractivity contribution < 1.29 is 9.18 Å². The smallest absolute Gasteiger partial charge is 0.257 e. The Morgan fingerprint density at radius 3 is 2.31 bits per heavy atom. The topological polar surface area (TPSA) is 49.3 Å². The molecule has 0 unspecified atom stereocenters. The van der Waals surface area contributed by atoms with Crippen LogP contribution in [-0.4, -0.2) is 47.0 Å². The van der Waals surface area contributed by atoms with Gasteiger partial charge in [-0.3, -0.25) is 4.79 Å². The molecule has 2 heterocycles. The first-order chi connectivity index (χ1) is 14.0. The number of hydrogen-bond donors (Lipinski definition) is 0. The first-order valence-corrected chi connectivity index (χ1v) is 9.77. The number of halogens is 2. The number of aromatic nitrogens is 2. The van der Waals surface area contributed by atoms with Gasteiger partial charge in [0.15, 0.2) is 5.82 Å². The Labute approximate surface area is 173 Å². The molecule has 1 saturated heterocycles. The van der Waals surface area contributed by atoms with Gasteiger partial charge in [-0.15, -0.1) is 0 Å². The van der Waals surface area contributed by atoms with E-state index in [0.29, 0.717) is 35.1 Å². The number of hydrogen-bond acceptors (Lipinski definition) is 4. The molecule has 1 aliphatic heterocycles. The lowest BCUT2D eigenvalue weighted by Crippen LogP contribution is -2.49. The number of piperazine rings is 1. The molecule has 5 nitrogen and oxygen atoms in total. The Bertz CT molecular complexity index is 1020. The van der Waals surface area contributed by atoms with Crippen LogP contribution in [0, 0.1) is 12.7 Å². The van der Waals surface area contributed by atoms with E-state index < -0.39 is 0 Å². The Morgan fingerprint density at radius 1 is 1.00 bits per heavy atom. The van der Waals surface area contributed by atoms with E-state index in [9.17, 15) is 9.18 Å². The molecular weight excluding hydrogens is 391 g/mol. The van der Waals surface area contributed by atoms with Crippen molar-refractivity contribution in [2.24, 2.45) is 0 Å². The van der Waals surface area contributed by atoms with E-state index in [1.165, 1.54) is 30.1 Å². The van der Waals surface area contributed by atoms with Crippen LogP contribution in [0.5, 0.6) is 0 Å². The van der Waals surface area contributed by atoms with Crippen LogP contribution in [0.15, 0.2) is 54.9 Å². The Kier molecular flexibility index (Phi) is 5.45. The molecule has 0 N–H and O–H groups in total. The average Bonchev–Trinajstić information content (AvgIpc) is 2.76. The van der Waals surface area contributed by atoms with Gasteiger partial charge in [0.1, 0.15) is 5.82 Å². The monoisotopic (exact) mass is 410 g/mol. The molecule has 1 fully saturated rings. The summed E-state index contributed by atoms with van der Waals surface area (Å²) in [5, 5.41) is 0.711. The summed E-state index contributed by atoms with van der Waals surface area (Å²) in [6, 6.07) is 11.8. The number of rotatable bonds is 3. The molecule has 0 aliphatic carbocycles. The van der Waals surface area contributed by atoms with Crippen LogP contribution in [0.3, 0.4) is 0 Å². The van der Waals surface area contributed by atoms with Gasteiger partial charge in [-0.25, -0.2) is 14.4 Å². The Morgan fingerprint density at radius 2 is 1.66 bits per heavy atom. The first kappa shape index (κ1) is 19.3. The van der Waals surface area contributed by atoms with Gasteiger partial charge in [0, 0.05) is 54.8 Å². The molecule has 7 heteroatoms. The highest BCUT2D eigenvalue weighted by molar-refractivity contribution is 6.30. The summed E-state index contributed by atoms with van der Waals surface area (Å²) in [6.45, 7) is 4.76. The van der Waals surface area contributed by atoms with Gasteiger partial charge in [0.05, 0.1) is 5.56 Å². The van der Waals surface area contributed by atoms with Crippen molar-refractivity contribution in [1.29, 1.82) is 0 Å². The van der Waals surface area contributed by atoms with Crippen LogP contribution in [0.1, 0.15) is 15.9 Å². The van der Waals surface area contributed by atoms with Gasteiger partial charge in [-0.2, -0.15) is 0 Å². The molecule has 1 aromatic heterocycles. The fourth-order valence-electron chi connectivity index (χ4n) is 3.44. The third kappa shape index (κ3) is 4.22. The van der Waals surface area contributed by atoms with Gasteiger partial charge in [-0.05, 0) is 48.9 Å². The van der Waals surface area contributed by atoms with Gasteiger partial charge in [-0.1, -0.05) is 17.7 Å². The van der Waals surface area contributed by atoms with Crippen LogP contribution >= 0.6 is 11.6 Å². The van der Waals surface area contributed by atoms with Crippen LogP contribution < -0.4 is 4.90 Å². The summed E-state index contributed by atoms with van der Waals surface area (Å²) < 4.78 is 13.1. The minimum absolute atomic E-state index is 0.0851. The third-order valence-electron chi connectivity index (χ3n) is 5.08. The lowest BCUT2D eigenvalue weighted by atomic mass is 10.1. The molecule has 0 atom stereocenters. The van der Waals surface area contributed by atoms with Gasteiger partial charge >= 0.3 is 0 Å². The highest BCUT2D eigenvalue weighted by atomic mass is 35.5. The van der Waals surface area contributed by atoms with Crippen molar-refractivity contribution in [3.63, 3.8) is 0 Å². The fourth-order valence-corrected chi connectivity index (χ4v) is 3.61. The van der Waals surface area contributed by atoms with E-state index in [1.807, 2.05) is 23.1 Å². The quantitative estimate of drug-likeness (QED) is 0.649. The number of nitrogens with zero attached hydrogens (tertiary/aromatic N) is 4. The SMILES string of the molecule is Cc1ccc(Cl)cc1N1CCN(C(=O)c2cnc(-c3ccc(F)cc3)nc2)CC1. The number of anilines is 1. The maximum Gasteiger partial charge on any atom is 0.257 e. The first-order valence-electron chi connectivity index (χ1n) is 9.39. The summed E-state index contributed by atoms with van der Waals surface area (Å²) in [6.07, 6.45) is 3.06. The molecular formula is C22H20ClFN4O. The average molecular weight is 411 g/mol. The maximum atomic E-state index is 13.1. The summed E-state index contributed by atoms with van der Waals surface area (Å²) in [5.41, 5.74) is 3.43. The fraction of sp³-hybridized carbons (Fsp3) is 0.227. The minimum Gasteiger partial charge on any atom is -0.368 e. The number of amides is 1. The Hall–Kier alpha value is -2.99. The molecule has 0 spiro atoms. The second-order valence-electron chi connectivity index (χ2n) is 7.01. The summed E-state index contributed by atoms with van der Waals surface area (Å²) in [5.74, 6) is 0.0635. The number of aryl methyl sites for hydroxylation is 1. The molecule has 0 radical (unpaired) electrons. The van der Waals surface area contributed by atoms with Crippen LogP contribution in [-0.2, 0) is 0 Å². The van der Waals surface area contributed by atoms with E-state index in [1.54, 1.807) is 12.1 Å². The van der Waals surface area contributed by atoms with E-state index in [-0.39, 0.29) is 11.7 Å². The molecule has 4 rings (SSSR count). The number of carbonyl (C=O) groups excluding carboxylic acids is 1. The summed E-state index contributed by atoms with van der Waals surface area (Å²) >= 11 is 6.14. The van der Waals surface area contributed by atoms with Crippen molar-refractivity contribution >= 4 is 23.2 Å². The van der Waals surface area contributed by atoms with Crippen molar-refractivity contribution in [3.8, 4) is 11.4 Å². The van der Waals surface area contributed by atoms with Crippen molar-refractivity contribution in [2.45, 2.75) is 6.92 Å². The molecule has 148 valence electrons. The van der Waals surface area contributed by atoms with E-state index >= 15 is 0 Å². The normalized spacial score (nSPS) is 14.2. The molecule has 1 amide bonds. The number of benzene rings is 2. The van der Waals surface area contributed by atoms with Gasteiger partial charge in [0.25, 0.3) is 5.91 Å². The largest absolute Gasteiger partial charge is 0.368 e. The molecule has 0 bridgehead atoms. The van der Waals surface area contributed by atoms with Crippen molar-refractivity contribution in [3.05, 3.63) is 76.8 Å².